The van der Waals surface area contributed by atoms with E-state index in [0.29, 0.717) is 19.4 Å². The summed E-state index contributed by atoms with van der Waals surface area (Å²) < 4.78 is 0. The minimum Gasteiger partial charge on any atom is -0.480 e. The van der Waals surface area contributed by atoms with Crippen molar-refractivity contribution in [1.29, 1.82) is 5.41 Å². The van der Waals surface area contributed by atoms with Gasteiger partial charge in [-0.1, -0.05) is 0 Å². The molecule has 0 saturated carbocycles. The summed E-state index contributed by atoms with van der Waals surface area (Å²) in [6.45, 7) is 0.403. The number of aliphatic carboxylic acids is 1. The molecule has 90 valence electrons. The van der Waals surface area contributed by atoms with Crippen LogP contribution in [0.5, 0.6) is 0 Å². The van der Waals surface area contributed by atoms with Crippen molar-refractivity contribution in [3.8, 4) is 0 Å². The van der Waals surface area contributed by atoms with Crippen LogP contribution in [-0.2, 0) is 9.59 Å². The minimum atomic E-state index is -0.976. The number of guanidine groups is 1. The van der Waals surface area contributed by atoms with Crippen LogP contribution in [0.1, 0.15) is 12.8 Å². The molecular formula is C9H16N4O3. The van der Waals surface area contributed by atoms with Gasteiger partial charge in [0.05, 0.1) is 6.54 Å². The van der Waals surface area contributed by atoms with Crippen LogP contribution in [0.2, 0.25) is 0 Å². The van der Waals surface area contributed by atoms with Crippen LogP contribution in [-0.4, -0.2) is 58.9 Å². The third-order valence-electron chi connectivity index (χ3n) is 2.64. The molecule has 0 aromatic heterocycles. The maximum atomic E-state index is 11.7. The molecule has 1 heterocycles. The molecule has 4 N–H and O–H groups in total. The highest BCUT2D eigenvalue weighted by Crippen LogP contribution is 2.17. The van der Waals surface area contributed by atoms with Crippen LogP contribution in [0.15, 0.2) is 0 Å². The number of carboxylic acid groups (broad SMARTS) is 1. The summed E-state index contributed by atoms with van der Waals surface area (Å²) >= 11 is 0. The summed E-state index contributed by atoms with van der Waals surface area (Å²) in [6.07, 6.45) is 1.19. The highest BCUT2D eigenvalue weighted by molar-refractivity contribution is 5.88. The molecule has 0 spiro atoms. The predicted octanol–water partition coefficient (Wildman–Crippen LogP) is -1.11. The van der Waals surface area contributed by atoms with Crippen LogP contribution >= 0.6 is 0 Å². The van der Waals surface area contributed by atoms with E-state index in [9.17, 15) is 9.59 Å². The zero-order valence-corrected chi connectivity index (χ0v) is 9.14. The topological polar surface area (TPSA) is 111 Å². The lowest BCUT2D eigenvalue weighted by Gasteiger charge is -2.24. The second-order valence-electron chi connectivity index (χ2n) is 3.82. The fraction of sp³-hybridized carbons (Fsp3) is 0.667. The van der Waals surface area contributed by atoms with Gasteiger partial charge in [-0.2, -0.15) is 0 Å². The Balaban J connectivity index is 2.60. The smallest absolute Gasteiger partial charge is 0.326 e. The van der Waals surface area contributed by atoms with Crippen LogP contribution in [0.4, 0.5) is 0 Å². The third kappa shape index (κ3) is 2.62. The number of nitrogens with zero attached hydrogens (tertiary/aromatic N) is 2. The maximum Gasteiger partial charge on any atom is 0.326 e. The van der Waals surface area contributed by atoms with Gasteiger partial charge in [0.1, 0.15) is 6.04 Å². The number of carboxylic acids is 1. The van der Waals surface area contributed by atoms with Crippen LogP contribution < -0.4 is 5.73 Å². The Hall–Kier alpha value is -1.79. The molecule has 1 amide bonds. The largest absolute Gasteiger partial charge is 0.480 e. The molecule has 0 aromatic carbocycles. The lowest BCUT2D eigenvalue weighted by Crippen LogP contribution is -2.47. The summed E-state index contributed by atoms with van der Waals surface area (Å²) in [4.78, 5) is 25.2. The Labute approximate surface area is 93.3 Å². The molecule has 1 aliphatic rings. The van der Waals surface area contributed by atoms with Gasteiger partial charge in [-0.25, -0.2) is 4.79 Å². The van der Waals surface area contributed by atoms with Gasteiger partial charge in [0.25, 0.3) is 0 Å². The first-order valence-corrected chi connectivity index (χ1v) is 5.01. The zero-order chi connectivity index (χ0) is 12.3. The Morgan fingerprint density at radius 3 is 2.75 bits per heavy atom. The SMILES string of the molecule is CN(CC(=O)N1CCC[C@H]1C(=O)O)C(=N)N. The highest BCUT2D eigenvalue weighted by atomic mass is 16.4. The monoisotopic (exact) mass is 228 g/mol. The number of nitrogens with two attached hydrogens (primary N) is 1. The van der Waals surface area contributed by atoms with E-state index in [1.165, 1.54) is 16.8 Å². The van der Waals surface area contributed by atoms with Gasteiger partial charge in [0.2, 0.25) is 5.91 Å². The summed E-state index contributed by atoms with van der Waals surface area (Å²) in [7, 11) is 1.52. The van der Waals surface area contributed by atoms with Crippen molar-refractivity contribution >= 4 is 17.8 Å². The van der Waals surface area contributed by atoms with Gasteiger partial charge in [-0.3, -0.25) is 10.2 Å². The van der Waals surface area contributed by atoms with E-state index in [1.54, 1.807) is 0 Å². The number of rotatable bonds is 3. The number of hydrogen-bond donors (Lipinski definition) is 3. The van der Waals surface area contributed by atoms with Crippen molar-refractivity contribution in [2.45, 2.75) is 18.9 Å². The van der Waals surface area contributed by atoms with Crippen molar-refractivity contribution in [2.24, 2.45) is 5.73 Å². The first kappa shape index (κ1) is 12.3. The Morgan fingerprint density at radius 1 is 1.62 bits per heavy atom. The molecule has 0 unspecified atom stereocenters. The quantitative estimate of drug-likeness (QED) is 0.419. The van der Waals surface area contributed by atoms with E-state index in [-0.39, 0.29) is 18.4 Å². The Bertz CT molecular complexity index is 318. The Morgan fingerprint density at radius 2 is 2.25 bits per heavy atom. The maximum absolute atomic E-state index is 11.7. The molecule has 7 heteroatoms. The Kier molecular flexibility index (Phi) is 3.70. The lowest BCUT2D eigenvalue weighted by molar-refractivity contribution is -0.148. The molecule has 0 bridgehead atoms. The zero-order valence-electron chi connectivity index (χ0n) is 9.14. The first-order valence-electron chi connectivity index (χ1n) is 5.01. The molecule has 0 radical (unpaired) electrons. The molecule has 1 fully saturated rings. The number of nitrogens with one attached hydrogen (secondary N) is 1. The average Bonchev–Trinajstić information content (AvgIpc) is 2.65. The van der Waals surface area contributed by atoms with E-state index < -0.39 is 12.0 Å². The standard InChI is InChI=1S/C9H16N4O3/c1-12(9(10)11)5-7(14)13-4-2-3-6(13)8(15)16/h6H,2-5H2,1H3,(H3,10,11)(H,15,16)/t6-/m0/s1. The second-order valence-corrected chi connectivity index (χ2v) is 3.82. The van der Waals surface area contributed by atoms with Crippen LogP contribution in [0, 0.1) is 5.41 Å². The fourth-order valence-electron chi connectivity index (χ4n) is 1.70. The molecular weight excluding hydrogens is 212 g/mol. The number of likely N-dealkylation sites (N-methyl/N-ethyl adjacent to an activating group) is 1. The number of carbonyl (C=O) groups is 2. The molecule has 0 aliphatic carbocycles. The van der Waals surface area contributed by atoms with Gasteiger partial charge in [-0.15, -0.1) is 0 Å². The van der Waals surface area contributed by atoms with Gasteiger partial charge in [0, 0.05) is 13.6 Å². The first-order chi connectivity index (χ1) is 7.43. The fourth-order valence-corrected chi connectivity index (χ4v) is 1.70. The number of carbonyl (C=O) groups excluding carboxylic acids is 1. The van der Waals surface area contributed by atoms with Crippen LogP contribution in [0.3, 0.4) is 0 Å². The van der Waals surface area contributed by atoms with Gasteiger partial charge < -0.3 is 20.6 Å². The van der Waals surface area contributed by atoms with E-state index >= 15 is 0 Å². The van der Waals surface area contributed by atoms with Gasteiger partial charge >= 0.3 is 5.97 Å². The summed E-state index contributed by atoms with van der Waals surface area (Å²) in [5.41, 5.74) is 5.20. The van der Waals surface area contributed by atoms with Crippen molar-refractivity contribution in [3.63, 3.8) is 0 Å². The van der Waals surface area contributed by atoms with Crippen molar-refractivity contribution in [1.82, 2.24) is 9.80 Å². The summed E-state index contributed by atoms with van der Waals surface area (Å²) in [6, 6.07) is -0.729. The second kappa shape index (κ2) is 4.82. The normalized spacial score (nSPS) is 19.6. The number of hydrogen-bond acceptors (Lipinski definition) is 3. The van der Waals surface area contributed by atoms with Gasteiger partial charge in [0.15, 0.2) is 5.96 Å². The van der Waals surface area contributed by atoms with Gasteiger partial charge in [-0.05, 0) is 12.8 Å². The molecule has 1 rings (SSSR count). The molecule has 1 aliphatic heterocycles. The van der Waals surface area contributed by atoms with E-state index in [4.69, 9.17) is 16.2 Å². The molecule has 7 nitrogen and oxygen atoms in total. The summed E-state index contributed by atoms with van der Waals surface area (Å²) in [5.74, 6) is -1.49. The van der Waals surface area contributed by atoms with E-state index in [2.05, 4.69) is 0 Å². The van der Waals surface area contributed by atoms with E-state index in [1.807, 2.05) is 0 Å². The highest BCUT2D eigenvalue weighted by Gasteiger charge is 2.34. The molecule has 0 aromatic rings. The van der Waals surface area contributed by atoms with Crippen molar-refractivity contribution in [2.75, 3.05) is 20.1 Å². The van der Waals surface area contributed by atoms with Crippen molar-refractivity contribution in [3.05, 3.63) is 0 Å². The number of likely N-dealkylation sites (tertiary alicyclic amines) is 1. The predicted molar refractivity (Wildman–Crippen MR) is 56.9 cm³/mol. The average molecular weight is 228 g/mol. The van der Waals surface area contributed by atoms with E-state index in [0.717, 1.165) is 0 Å². The molecule has 1 atom stereocenters. The summed E-state index contributed by atoms with van der Waals surface area (Å²) in [5, 5.41) is 16.0. The van der Waals surface area contributed by atoms with Crippen LogP contribution in [0.25, 0.3) is 0 Å². The minimum absolute atomic E-state index is 0.0564. The third-order valence-corrected chi connectivity index (χ3v) is 2.64. The number of amides is 1. The lowest BCUT2D eigenvalue weighted by atomic mass is 10.2. The molecule has 16 heavy (non-hydrogen) atoms. The van der Waals surface area contributed by atoms with Crippen molar-refractivity contribution < 1.29 is 14.7 Å². The molecule has 1 saturated heterocycles.